The van der Waals surface area contributed by atoms with Crippen LogP contribution in [0.15, 0.2) is 16.7 Å². The van der Waals surface area contributed by atoms with Crippen LogP contribution in [0.5, 0.6) is 0 Å². The van der Waals surface area contributed by atoms with E-state index in [-0.39, 0.29) is 6.04 Å². The van der Waals surface area contributed by atoms with E-state index in [0.717, 1.165) is 17.2 Å². The number of nitrogens with zero attached hydrogens (tertiary/aromatic N) is 3. The van der Waals surface area contributed by atoms with Crippen LogP contribution in [0.4, 0.5) is 0 Å². The fraction of sp³-hybridized carbons (Fsp3) is 0.500. The van der Waals surface area contributed by atoms with Crippen LogP contribution in [-0.4, -0.2) is 15.0 Å². The molecule has 0 fully saturated rings. The molecule has 0 saturated heterocycles. The van der Waals surface area contributed by atoms with Crippen LogP contribution in [0.25, 0.3) is 0 Å². The van der Waals surface area contributed by atoms with Crippen molar-refractivity contribution in [1.29, 1.82) is 0 Å². The molecule has 1 N–H and O–H groups in total. The van der Waals surface area contributed by atoms with Gasteiger partial charge in [0.2, 0.25) is 0 Å². The van der Waals surface area contributed by atoms with Crippen LogP contribution in [0.2, 0.25) is 0 Å². The van der Waals surface area contributed by atoms with Crippen LogP contribution in [-0.2, 0) is 13.6 Å². The van der Waals surface area contributed by atoms with Crippen molar-refractivity contribution in [2.45, 2.75) is 33.4 Å². The van der Waals surface area contributed by atoms with E-state index in [1.807, 2.05) is 27.1 Å². The van der Waals surface area contributed by atoms with Crippen LogP contribution in [0.1, 0.15) is 35.7 Å². The van der Waals surface area contributed by atoms with Gasteiger partial charge in [-0.15, -0.1) is 5.10 Å². The smallest absolute Gasteiger partial charge is 0.105 e. The van der Waals surface area contributed by atoms with Gasteiger partial charge < -0.3 is 9.73 Å². The first-order valence-corrected chi connectivity index (χ1v) is 5.72. The Morgan fingerprint density at radius 3 is 2.76 bits per heavy atom. The maximum atomic E-state index is 5.52. The molecule has 0 aliphatic rings. The Hall–Kier alpha value is -1.62. The zero-order valence-corrected chi connectivity index (χ0v) is 10.7. The Bertz CT molecular complexity index is 500. The summed E-state index contributed by atoms with van der Waals surface area (Å²) in [4.78, 5) is 0. The summed E-state index contributed by atoms with van der Waals surface area (Å²) in [5.41, 5.74) is 2.14. The van der Waals surface area contributed by atoms with Gasteiger partial charge in [-0.05, 0) is 26.8 Å². The minimum atomic E-state index is 0.245. The van der Waals surface area contributed by atoms with Crippen molar-refractivity contribution in [3.8, 4) is 0 Å². The van der Waals surface area contributed by atoms with Crippen molar-refractivity contribution in [2.75, 3.05) is 0 Å². The molecule has 2 heterocycles. The molecule has 0 aliphatic carbocycles. The van der Waals surface area contributed by atoms with Gasteiger partial charge in [0.1, 0.15) is 11.5 Å². The average molecular weight is 234 g/mol. The fourth-order valence-electron chi connectivity index (χ4n) is 1.92. The van der Waals surface area contributed by atoms with E-state index in [0.29, 0.717) is 6.54 Å². The monoisotopic (exact) mass is 234 g/mol. The van der Waals surface area contributed by atoms with E-state index in [1.54, 1.807) is 4.68 Å². The summed E-state index contributed by atoms with van der Waals surface area (Å²) < 4.78 is 7.22. The van der Waals surface area contributed by atoms with Gasteiger partial charge in [0.15, 0.2) is 0 Å². The highest BCUT2D eigenvalue weighted by Gasteiger charge is 2.12. The standard InChI is InChI=1S/C12H18N4O/c1-8-5-12(10(3)17-8)9(2)13-6-11-7-16(4)15-14-11/h5,7,9,13H,6H2,1-4H3. The van der Waals surface area contributed by atoms with E-state index >= 15 is 0 Å². The number of aryl methyl sites for hydroxylation is 3. The van der Waals surface area contributed by atoms with Crippen molar-refractivity contribution >= 4 is 0 Å². The van der Waals surface area contributed by atoms with Gasteiger partial charge in [0.25, 0.3) is 0 Å². The number of furan rings is 1. The van der Waals surface area contributed by atoms with Crippen molar-refractivity contribution in [3.63, 3.8) is 0 Å². The summed E-state index contributed by atoms with van der Waals surface area (Å²) in [5.74, 6) is 1.92. The zero-order chi connectivity index (χ0) is 12.4. The molecule has 1 unspecified atom stereocenters. The lowest BCUT2D eigenvalue weighted by molar-refractivity contribution is 0.489. The second kappa shape index (κ2) is 4.71. The predicted octanol–water partition coefficient (Wildman–Crippen LogP) is 1.88. The summed E-state index contributed by atoms with van der Waals surface area (Å²) in [6.45, 7) is 6.78. The summed E-state index contributed by atoms with van der Waals surface area (Å²) in [5, 5.41) is 11.3. The predicted molar refractivity (Wildman–Crippen MR) is 64.4 cm³/mol. The normalized spacial score (nSPS) is 12.9. The third-order valence-electron chi connectivity index (χ3n) is 2.79. The highest BCUT2D eigenvalue weighted by Crippen LogP contribution is 2.21. The number of hydrogen-bond donors (Lipinski definition) is 1. The Morgan fingerprint density at radius 1 is 1.47 bits per heavy atom. The molecule has 5 nitrogen and oxygen atoms in total. The second-order valence-electron chi connectivity index (χ2n) is 4.35. The van der Waals surface area contributed by atoms with E-state index in [1.165, 1.54) is 5.56 Å². The van der Waals surface area contributed by atoms with Crippen LogP contribution < -0.4 is 5.32 Å². The first-order chi connectivity index (χ1) is 8.06. The third-order valence-corrected chi connectivity index (χ3v) is 2.79. The third kappa shape index (κ3) is 2.74. The molecule has 1 atom stereocenters. The summed E-state index contributed by atoms with van der Waals surface area (Å²) in [6.07, 6.45) is 1.91. The van der Waals surface area contributed by atoms with Crippen molar-refractivity contribution < 1.29 is 4.42 Å². The van der Waals surface area contributed by atoms with E-state index in [9.17, 15) is 0 Å². The first-order valence-electron chi connectivity index (χ1n) is 5.72. The van der Waals surface area contributed by atoms with Gasteiger partial charge >= 0.3 is 0 Å². The SMILES string of the molecule is Cc1cc(C(C)NCc2cn(C)nn2)c(C)o1. The molecule has 92 valence electrons. The topological polar surface area (TPSA) is 55.9 Å². The molecule has 0 spiro atoms. The summed E-state index contributed by atoms with van der Waals surface area (Å²) >= 11 is 0. The fourth-order valence-corrected chi connectivity index (χ4v) is 1.92. The summed E-state index contributed by atoms with van der Waals surface area (Å²) in [6, 6.07) is 2.32. The molecule has 5 heteroatoms. The van der Waals surface area contributed by atoms with Gasteiger partial charge in [0, 0.05) is 31.4 Å². The Morgan fingerprint density at radius 2 is 2.24 bits per heavy atom. The van der Waals surface area contributed by atoms with E-state index in [4.69, 9.17) is 4.42 Å². The lowest BCUT2D eigenvalue weighted by atomic mass is 10.1. The molecule has 0 amide bonds. The number of rotatable bonds is 4. The Balaban J connectivity index is 1.97. The van der Waals surface area contributed by atoms with Crippen molar-refractivity contribution in [1.82, 2.24) is 20.3 Å². The average Bonchev–Trinajstić information content (AvgIpc) is 2.81. The lowest BCUT2D eigenvalue weighted by Gasteiger charge is -2.11. The van der Waals surface area contributed by atoms with Gasteiger partial charge in [-0.1, -0.05) is 5.21 Å². The van der Waals surface area contributed by atoms with Crippen LogP contribution in [0, 0.1) is 13.8 Å². The molecule has 0 aromatic carbocycles. The van der Waals surface area contributed by atoms with Crippen LogP contribution in [0.3, 0.4) is 0 Å². The quantitative estimate of drug-likeness (QED) is 0.877. The molecule has 2 rings (SSSR count). The molecule has 2 aromatic rings. The maximum absolute atomic E-state index is 5.52. The molecule has 0 radical (unpaired) electrons. The molecule has 0 saturated carbocycles. The van der Waals surface area contributed by atoms with Crippen molar-refractivity contribution in [2.24, 2.45) is 7.05 Å². The second-order valence-corrected chi connectivity index (χ2v) is 4.35. The zero-order valence-electron chi connectivity index (χ0n) is 10.7. The number of nitrogens with one attached hydrogen (secondary N) is 1. The highest BCUT2D eigenvalue weighted by molar-refractivity contribution is 5.23. The Kier molecular flexibility index (Phi) is 3.28. The summed E-state index contributed by atoms with van der Waals surface area (Å²) in [7, 11) is 1.86. The van der Waals surface area contributed by atoms with E-state index in [2.05, 4.69) is 28.6 Å². The molecule has 0 bridgehead atoms. The molecule has 0 aliphatic heterocycles. The van der Waals surface area contributed by atoms with Crippen molar-refractivity contribution in [3.05, 3.63) is 35.0 Å². The van der Waals surface area contributed by atoms with E-state index < -0.39 is 0 Å². The molecule has 2 aromatic heterocycles. The highest BCUT2D eigenvalue weighted by atomic mass is 16.3. The lowest BCUT2D eigenvalue weighted by Crippen LogP contribution is -2.18. The van der Waals surface area contributed by atoms with Crippen LogP contribution >= 0.6 is 0 Å². The minimum Gasteiger partial charge on any atom is -0.466 e. The molecular weight excluding hydrogens is 216 g/mol. The van der Waals surface area contributed by atoms with Gasteiger partial charge in [-0.3, -0.25) is 4.68 Å². The number of aromatic nitrogens is 3. The van der Waals surface area contributed by atoms with Gasteiger partial charge in [-0.2, -0.15) is 0 Å². The Labute approximate surface area is 101 Å². The van der Waals surface area contributed by atoms with Gasteiger partial charge in [-0.25, -0.2) is 0 Å². The number of hydrogen-bond acceptors (Lipinski definition) is 4. The molecular formula is C12H18N4O. The first kappa shape index (κ1) is 11.9. The largest absolute Gasteiger partial charge is 0.466 e. The maximum Gasteiger partial charge on any atom is 0.105 e. The minimum absolute atomic E-state index is 0.245. The molecule has 17 heavy (non-hydrogen) atoms. The van der Waals surface area contributed by atoms with Gasteiger partial charge in [0.05, 0.1) is 5.69 Å².